The van der Waals surface area contributed by atoms with Gasteiger partial charge in [-0.15, -0.1) is 11.3 Å². The van der Waals surface area contributed by atoms with Crippen LogP contribution in [0.1, 0.15) is 40.7 Å². The summed E-state index contributed by atoms with van der Waals surface area (Å²) in [6, 6.07) is 20.7. The van der Waals surface area contributed by atoms with Crippen molar-refractivity contribution in [3.63, 3.8) is 0 Å². The fraction of sp³-hybridized carbons (Fsp3) is 0.182. The highest BCUT2D eigenvalue weighted by molar-refractivity contribution is 7.10. The van der Waals surface area contributed by atoms with Gasteiger partial charge >= 0.3 is 0 Å². The van der Waals surface area contributed by atoms with E-state index in [0.29, 0.717) is 11.3 Å². The normalized spacial score (nSPS) is 13.0. The highest BCUT2D eigenvalue weighted by atomic mass is 32.1. The van der Waals surface area contributed by atoms with Gasteiger partial charge in [-0.05, 0) is 43.0 Å². The molecular formula is C22H22N2O2S. The van der Waals surface area contributed by atoms with E-state index in [0.717, 1.165) is 10.4 Å². The molecule has 0 unspecified atom stereocenters. The molecule has 0 aliphatic heterocycles. The molecule has 3 rings (SSSR count). The van der Waals surface area contributed by atoms with E-state index in [1.807, 2.05) is 36.6 Å². The predicted octanol–water partition coefficient (Wildman–Crippen LogP) is 4.66. The van der Waals surface area contributed by atoms with Crippen LogP contribution in [0.2, 0.25) is 0 Å². The number of amides is 1. The Morgan fingerprint density at radius 2 is 1.74 bits per heavy atom. The predicted molar refractivity (Wildman–Crippen MR) is 110 cm³/mol. The molecule has 1 aromatic heterocycles. The summed E-state index contributed by atoms with van der Waals surface area (Å²) < 4.78 is 0. The Morgan fingerprint density at radius 3 is 2.41 bits per heavy atom. The molecule has 3 aromatic rings. The van der Waals surface area contributed by atoms with Gasteiger partial charge in [-0.1, -0.05) is 48.5 Å². The lowest BCUT2D eigenvalue weighted by Crippen LogP contribution is -2.40. The molecule has 0 saturated heterocycles. The van der Waals surface area contributed by atoms with Crippen molar-refractivity contribution in [3.05, 3.63) is 88.1 Å². The molecule has 0 aliphatic rings. The number of anilines is 1. The van der Waals surface area contributed by atoms with Crippen molar-refractivity contribution < 1.29 is 9.59 Å². The highest BCUT2D eigenvalue weighted by Crippen LogP contribution is 2.26. The average Bonchev–Trinajstić information content (AvgIpc) is 3.21. The number of hydrogen-bond donors (Lipinski definition) is 2. The second-order valence-corrected chi connectivity index (χ2v) is 7.35. The average molecular weight is 378 g/mol. The van der Waals surface area contributed by atoms with E-state index in [2.05, 4.69) is 28.8 Å². The van der Waals surface area contributed by atoms with Gasteiger partial charge in [0.25, 0.3) is 0 Å². The van der Waals surface area contributed by atoms with Gasteiger partial charge in [-0.25, -0.2) is 0 Å². The minimum atomic E-state index is -0.418. The molecule has 0 fully saturated rings. The van der Waals surface area contributed by atoms with E-state index >= 15 is 0 Å². The largest absolute Gasteiger partial charge is 0.325 e. The van der Waals surface area contributed by atoms with Crippen LogP contribution in [-0.4, -0.2) is 17.7 Å². The SMILES string of the molecule is CC(=O)c1cccc(NC(=O)[C@@H](C)N[C@H](c2ccccc2)c2cccs2)c1. The maximum absolute atomic E-state index is 12.7. The van der Waals surface area contributed by atoms with Crippen molar-refractivity contribution in [1.29, 1.82) is 0 Å². The fourth-order valence-electron chi connectivity index (χ4n) is 2.84. The number of ketones is 1. The van der Waals surface area contributed by atoms with Crippen molar-refractivity contribution >= 4 is 28.7 Å². The first kappa shape index (κ1) is 19.0. The zero-order valence-electron chi connectivity index (χ0n) is 15.3. The Kier molecular flexibility index (Phi) is 6.16. The van der Waals surface area contributed by atoms with Gasteiger partial charge in [0.15, 0.2) is 5.78 Å². The third-order valence-electron chi connectivity index (χ3n) is 4.31. The van der Waals surface area contributed by atoms with Crippen molar-refractivity contribution in [2.75, 3.05) is 5.32 Å². The second kappa shape index (κ2) is 8.75. The lowest BCUT2D eigenvalue weighted by atomic mass is 10.0. The lowest BCUT2D eigenvalue weighted by Gasteiger charge is -2.22. The van der Waals surface area contributed by atoms with E-state index in [9.17, 15) is 9.59 Å². The van der Waals surface area contributed by atoms with E-state index in [4.69, 9.17) is 0 Å². The standard InChI is InChI=1S/C22H22N2O2S/c1-15(22(26)24-19-11-6-10-18(14-19)16(2)25)23-21(20-12-7-13-27-20)17-8-4-3-5-9-17/h3-15,21,23H,1-2H3,(H,24,26)/t15-,21-/m1/s1. The molecule has 5 heteroatoms. The number of benzene rings is 2. The van der Waals surface area contributed by atoms with Crippen molar-refractivity contribution in [2.45, 2.75) is 25.9 Å². The summed E-state index contributed by atoms with van der Waals surface area (Å²) in [4.78, 5) is 25.4. The van der Waals surface area contributed by atoms with Gasteiger partial charge in [0, 0.05) is 16.1 Å². The minimum Gasteiger partial charge on any atom is -0.325 e. The zero-order valence-corrected chi connectivity index (χ0v) is 16.1. The van der Waals surface area contributed by atoms with Crippen LogP contribution in [0.15, 0.2) is 72.1 Å². The Hall–Kier alpha value is -2.76. The van der Waals surface area contributed by atoms with Crippen LogP contribution in [-0.2, 0) is 4.79 Å². The van der Waals surface area contributed by atoms with Crippen molar-refractivity contribution in [2.24, 2.45) is 0 Å². The third kappa shape index (κ3) is 4.90. The number of thiophene rings is 1. The van der Waals surface area contributed by atoms with Gasteiger partial charge in [-0.3, -0.25) is 14.9 Å². The molecule has 0 saturated carbocycles. The second-order valence-electron chi connectivity index (χ2n) is 6.37. The lowest BCUT2D eigenvalue weighted by molar-refractivity contribution is -0.117. The zero-order chi connectivity index (χ0) is 19.2. The van der Waals surface area contributed by atoms with E-state index in [-0.39, 0.29) is 17.7 Å². The van der Waals surface area contributed by atoms with Crippen LogP contribution < -0.4 is 10.6 Å². The molecule has 0 spiro atoms. The van der Waals surface area contributed by atoms with E-state index in [1.165, 1.54) is 6.92 Å². The number of rotatable bonds is 7. The molecule has 138 valence electrons. The van der Waals surface area contributed by atoms with Crippen molar-refractivity contribution in [3.8, 4) is 0 Å². The summed E-state index contributed by atoms with van der Waals surface area (Å²) in [6.07, 6.45) is 0. The number of Topliss-reactive ketones (excluding diaryl/α,β-unsaturated/α-hetero) is 1. The first-order valence-corrected chi connectivity index (χ1v) is 9.69. The molecule has 2 aromatic carbocycles. The van der Waals surface area contributed by atoms with Crippen molar-refractivity contribution in [1.82, 2.24) is 5.32 Å². The third-order valence-corrected chi connectivity index (χ3v) is 5.24. The van der Waals surface area contributed by atoms with Gasteiger partial charge in [0.1, 0.15) is 0 Å². The molecule has 27 heavy (non-hydrogen) atoms. The van der Waals surface area contributed by atoms with Gasteiger partial charge in [-0.2, -0.15) is 0 Å². The number of carbonyl (C=O) groups is 2. The van der Waals surface area contributed by atoms with Crippen LogP contribution >= 0.6 is 11.3 Å². The van der Waals surface area contributed by atoms with Gasteiger partial charge in [0.2, 0.25) is 5.91 Å². The highest BCUT2D eigenvalue weighted by Gasteiger charge is 2.21. The number of nitrogens with one attached hydrogen (secondary N) is 2. The minimum absolute atomic E-state index is 0.0286. The van der Waals surface area contributed by atoms with Crippen LogP contribution in [0.4, 0.5) is 5.69 Å². The van der Waals surface area contributed by atoms with Crippen LogP contribution in [0.5, 0.6) is 0 Å². The molecule has 4 nitrogen and oxygen atoms in total. The summed E-state index contributed by atoms with van der Waals surface area (Å²) in [5.41, 5.74) is 2.31. The number of carbonyl (C=O) groups excluding carboxylic acids is 2. The first-order valence-electron chi connectivity index (χ1n) is 8.81. The fourth-order valence-corrected chi connectivity index (χ4v) is 3.65. The monoisotopic (exact) mass is 378 g/mol. The topological polar surface area (TPSA) is 58.2 Å². The van der Waals surface area contributed by atoms with Crippen LogP contribution in [0, 0.1) is 0 Å². The van der Waals surface area contributed by atoms with E-state index < -0.39 is 6.04 Å². The maximum Gasteiger partial charge on any atom is 0.241 e. The molecular weight excluding hydrogens is 356 g/mol. The Bertz CT molecular complexity index is 907. The van der Waals surface area contributed by atoms with Gasteiger partial charge < -0.3 is 5.32 Å². The van der Waals surface area contributed by atoms with E-state index in [1.54, 1.807) is 35.6 Å². The van der Waals surface area contributed by atoms with Gasteiger partial charge in [0.05, 0.1) is 12.1 Å². The molecule has 2 N–H and O–H groups in total. The summed E-state index contributed by atoms with van der Waals surface area (Å²) in [5.74, 6) is -0.174. The maximum atomic E-state index is 12.7. The summed E-state index contributed by atoms with van der Waals surface area (Å²) in [6.45, 7) is 3.35. The molecule has 0 bridgehead atoms. The smallest absolute Gasteiger partial charge is 0.241 e. The molecule has 1 heterocycles. The van der Waals surface area contributed by atoms with Crippen LogP contribution in [0.25, 0.3) is 0 Å². The Balaban J connectivity index is 1.74. The first-order chi connectivity index (χ1) is 13.0. The molecule has 0 radical (unpaired) electrons. The summed E-state index contributed by atoms with van der Waals surface area (Å²) in [7, 11) is 0. The number of hydrogen-bond acceptors (Lipinski definition) is 4. The Morgan fingerprint density at radius 1 is 0.963 bits per heavy atom. The quantitative estimate of drug-likeness (QED) is 0.588. The molecule has 0 aliphatic carbocycles. The molecule has 2 atom stereocenters. The Labute approximate surface area is 163 Å². The summed E-state index contributed by atoms with van der Waals surface area (Å²) >= 11 is 1.66. The van der Waals surface area contributed by atoms with Crippen LogP contribution in [0.3, 0.4) is 0 Å². The molecule has 1 amide bonds. The summed E-state index contributed by atoms with van der Waals surface area (Å²) in [5, 5.41) is 8.35.